The van der Waals surface area contributed by atoms with Gasteiger partial charge < -0.3 is 15.1 Å². The molecule has 0 aliphatic heterocycles. The molecule has 20 heavy (non-hydrogen) atoms. The van der Waals surface area contributed by atoms with Gasteiger partial charge in [-0.3, -0.25) is 4.79 Å². The van der Waals surface area contributed by atoms with E-state index in [1.54, 1.807) is 25.1 Å². The molecule has 2 rings (SSSR count). The van der Waals surface area contributed by atoms with Crippen LogP contribution in [0, 0.1) is 5.82 Å². The van der Waals surface area contributed by atoms with Crippen LogP contribution in [0.4, 0.5) is 10.1 Å². The van der Waals surface area contributed by atoms with Gasteiger partial charge >= 0.3 is 0 Å². The zero-order valence-corrected chi connectivity index (χ0v) is 11.6. The van der Waals surface area contributed by atoms with E-state index in [2.05, 4.69) is 10.6 Å². The molecule has 0 aliphatic carbocycles. The van der Waals surface area contributed by atoms with Gasteiger partial charge in [-0.15, -0.1) is 0 Å². The molecule has 2 aromatic rings. The molecule has 6 heteroatoms. The van der Waals surface area contributed by atoms with E-state index in [0.717, 1.165) is 0 Å². The predicted molar refractivity (Wildman–Crippen MR) is 75.0 cm³/mol. The summed E-state index contributed by atoms with van der Waals surface area (Å²) in [5, 5.41) is 5.79. The Labute approximate surface area is 120 Å². The summed E-state index contributed by atoms with van der Waals surface area (Å²) < 4.78 is 18.7. The van der Waals surface area contributed by atoms with Crippen LogP contribution in [0.2, 0.25) is 5.02 Å². The third-order valence-corrected chi connectivity index (χ3v) is 2.95. The molecule has 1 amide bonds. The smallest absolute Gasteiger partial charge is 0.242 e. The zero-order chi connectivity index (χ0) is 14.5. The third-order valence-electron chi connectivity index (χ3n) is 2.71. The van der Waals surface area contributed by atoms with Gasteiger partial charge in [-0.2, -0.15) is 0 Å². The maximum absolute atomic E-state index is 13.6. The molecule has 0 spiro atoms. The summed E-state index contributed by atoms with van der Waals surface area (Å²) in [7, 11) is 0. The van der Waals surface area contributed by atoms with Crippen molar-refractivity contribution >= 4 is 23.2 Å². The maximum Gasteiger partial charge on any atom is 0.242 e. The molecule has 0 saturated heterocycles. The lowest BCUT2D eigenvalue weighted by molar-refractivity contribution is -0.121. The van der Waals surface area contributed by atoms with Gasteiger partial charge in [0, 0.05) is 5.02 Å². The standard InChI is InChI=1S/C14H14ClFN2O2/c1-9(14(19)17-8-11-3-2-6-20-11)18-13-5-4-10(15)7-12(13)16/h2-7,9,18H,8H2,1H3,(H,17,19). The van der Waals surface area contributed by atoms with Gasteiger partial charge in [0.15, 0.2) is 0 Å². The van der Waals surface area contributed by atoms with Gasteiger partial charge in [-0.1, -0.05) is 11.6 Å². The Morgan fingerprint density at radius 3 is 2.90 bits per heavy atom. The van der Waals surface area contributed by atoms with E-state index in [4.69, 9.17) is 16.0 Å². The molecule has 0 bridgehead atoms. The van der Waals surface area contributed by atoms with Gasteiger partial charge in [0.05, 0.1) is 18.5 Å². The number of hydrogen-bond acceptors (Lipinski definition) is 3. The van der Waals surface area contributed by atoms with Crippen molar-refractivity contribution in [3.63, 3.8) is 0 Å². The zero-order valence-electron chi connectivity index (χ0n) is 10.8. The monoisotopic (exact) mass is 296 g/mol. The highest BCUT2D eigenvalue weighted by atomic mass is 35.5. The van der Waals surface area contributed by atoms with E-state index in [0.29, 0.717) is 17.3 Å². The quantitative estimate of drug-likeness (QED) is 0.891. The van der Waals surface area contributed by atoms with E-state index >= 15 is 0 Å². The van der Waals surface area contributed by atoms with Crippen molar-refractivity contribution in [2.24, 2.45) is 0 Å². The first kappa shape index (κ1) is 14.4. The highest BCUT2D eigenvalue weighted by Crippen LogP contribution is 2.19. The number of carbonyl (C=O) groups excluding carboxylic acids is 1. The molecule has 0 fully saturated rings. The number of furan rings is 1. The van der Waals surface area contributed by atoms with E-state index in [1.165, 1.54) is 18.4 Å². The Balaban J connectivity index is 1.90. The predicted octanol–water partition coefficient (Wildman–Crippen LogP) is 3.19. The molecule has 1 unspecified atom stereocenters. The minimum atomic E-state index is -0.583. The van der Waals surface area contributed by atoms with Crippen LogP contribution in [0.1, 0.15) is 12.7 Å². The Hall–Kier alpha value is -2.01. The molecule has 0 saturated carbocycles. The summed E-state index contributed by atoms with van der Waals surface area (Å²) in [4.78, 5) is 11.9. The number of anilines is 1. The minimum Gasteiger partial charge on any atom is -0.467 e. The third kappa shape index (κ3) is 3.74. The molecule has 1 aromatic carbocycles. The molecule has 2 N–H and O–H groups in total. The van der Waals surface area contributed by atoms with Gasteiger partial charge in [-0.05, 0) is 37.3 Å². The van der Waals surface area contributed by atoms with Crippen molar-refractivity contribution in [2.75, 3.05) is 5.32 Å². The summed E-state index contributed by atoms with van der Waals surface area (Å²) in [5.74, 6) is -0.0952. The van der Waals surface area contributed by atoms with E-state index in [-0.39, 0.29) is 11.6 Å². The van der Waals surface area contributed by atoms with Crippen LogP contribution >= 0.6 is 11.6 Å². The fraction of sp³-hybridized carbons (Fsp3) is 0.214. The number of hydrogen-bond donors (Lipinski definition) is 2. The van der Waals surface area contributed by atoms with Crippen molar-refractivity contribution in [3.05, 3.63) is 53.2 Å². The lowest BCUT2D eigenvalue weighted by Gasteiger charge is -2.15. The fourth-order valence-electron chi connectivity index (χ4n) is 1.65. The lowest BCUT2D eigenvalue weighted by atomic mass is 10.2. The van der Waals surface area contributed by atoms with Crippen LogP contribution in [0.15, 0.2) is 41.0 Å². The molecule has 106 valence electrons. The average Bonchev–Trinajstić information content (AvgIpc) is 2.92. The van der Waals surface area contributed by atoms with E-state index in [1.807, 2.05) is 0 Å². The van der Waals surface area contributed by atoms with Gasteiger partial charge in [-0.25, -0.2) is 4.39 Å². The maximum atomic E-state index is 13.6. The van der Waals surface area contributed by atoms with Crippen molar-refractivity contribution in [1.82, 2.24) is 5.32 Å². The largest absolute Gasteiger partial charge is 0.467 e. The Kier molecular flexibility index (Phi) is 4.63. The number of halogens is 2. The van der Waals surface area contributed by atoms with Crippen molar-refractivity contribution in [3.8, 4) is 0 Å². The summed E-state index contributed by atoms with van der Waals surface area (Å²) in [6, 6.07) is 7.16. The molecule has 1 aromatic heterocycles. The number of nitrogens with one attached hydrogen (secondary N) is 2. The lowest BCUT2D eigenvalue weighted by Crippen LogP contribution is -2.37. The highest BCUT2D eigenvalue weighted by molar-refractivity contribution is 6.30. The number of benzene rings is 1. The second-order valence-electron chi connectivity index (χ2n) is 4.29. The minimum absolute atomic E-state index is 0.232. The summed E-state index contributed by atoms with van der Waals surface area (Å²) >= 11 is 5.67. The fourth-order valence-corrected chi connectivity index (χ4v) is 1.80. The molecule has 0 radical (unpaired) electrons. The van der Waals surface area contributed by atoms with Crippen molar-refractivity contribution < 1.29 is 13.6 Å². The van der Waals surface area contributed by atoms with Crippen LogP contribution in [0.25, 0.3) is 0 Å². The van der Waals surface area contributed by atoms with Crippen LogP contribution < -0.4 is 10.6 Å². The van der Waals surface area contributed by atoms with Gasteiger partial charge in [0.25, 0.3) is 0 Å². The molecule has 4 nitrogen and oxygen atoms in total. The topological polar surface area (TPSA) is 54.3 Å². The normalized spacial score (nSPS) is 11.9. The highest BCUT2D eigenvalue weighted by Gasteiger charge is 2.14. The van der Waals surface area contributed by atoms with Crippen LogP contribution in [0.5, 0.6) is 0 Å². The number of carbonyl (C=O) groups is 1. The van der Waals surface area contributed by atoms with Crippen LogP contribution in [0.3, 0.4) is 0 Å². The van der Waals surface area contributed by atoms with E-state index < -0.39 is 11.9 Å². The Morgan fingerprint density at radius 2 is 2.25 bits per heavy atom. The summed E-state index contributed by atoms with van der Waals surface area (Å²) in [5.41, 5.74) is 0.232. The molecule has 0 aliphatic rings. The average molecular weight is 297 g/mol. The summed E-state index contributed by atoms with van der Waals surface area (Å²) in [6.45, 7) is 1.94. The second kappa shape index (κ2) is 6.43. The second-order valence-corrected chi connectivity index (χ2v) is 4.72. The number of amides is 1. The first-order valence-corrected chi connectivity index (χ1v) is 6.46. The SMILES string of the molecule is CC(Nc1ccc(Cl)cc1F)C(=O)NCc1ccco1. The molecule has 1 atom stereocenters. The van der Waals surface area contributed by atoms with Gasteiger partial charge in [0.1, 0.15) is 17.6 Å². The van der Waals surface area contributed by atoms with Crippen LogP contribution in [-0.2, 0) is 11.3 Å². The first-order chi connectivity index (χ1) is 9.56. The first-order valence-electron chi connectivity index (χ1n) is 6.08. The molecular weight excluding hydrogens is 283 g/mol. The van der Waals surface area contributed by atoms with E-state index in [9.17, 15) is 9.18 Å². The molecular formula is C14H14ClFN2O2. The number of rotatable bonds is 5. The molecule has 1 heterocycles. The van der Waals surface area contributed by atoms with Gasteiger partial charge in [0.2, 0.25) is 5.91 Å². The summed E-state index contributed by atoms with van der Waals surface area (Å²) in [6.07, 6.45) is 1.53. The Morgan fingerprint density at radius 1 is 1.45 bits per heavy atom. The van der Waals surface area contributed by atoms with Crippen molar-refractivity contribution in [1.29, 1.82) is 0 Å². The Bertz CT molecular complexity index is 587. The van der Waals surface area contributed by atoms with Crippen molar-refractivity contribution in [2.45, 2.75) is 19.5 Å². The van der Waals surface area contributed by atoms with Crippen LogP contribution in [-0.4, -0.2) is 11.9 Å².